The fourth-order valence-corrected chi connectivity index (χ4v) is 3.87. The third kappa shape index (κ3) is 4.37. The van der Waals surface area contributed by atoms with Gasteiger partial charge >= 0.3 is 5.97 Å². The van der Waals surface area contributed by atoms with E-state index in [0.717, 1.165) is 22.3 Å². The number of imidazole rings is 1. The molecule has 0 saturated carbocycles. The number of aromatic nitrogens is 2. The smallest absolute Gasteiger partial charge is 0.337 e. The van der Waals surface area contributed by atoms with Gasteiger partial charge in [-0.2, -0.15) is 10.1 Å². The molecule has 9 heteroatoms. The lowest BCUT2D eigenvalue weighted by Crippen LogP contribution is -2.31. The van der Waals surface area contributed by atoms with Crippen molar-refractivity contribution < 1.29 is 14.6 Å². The minimum Gasteiger partial charge on any atom is -0.478 e. The molecule has 0 aliphatic carbocycles. The molecule has 172 valence electrons. The zero-order valence-electron chi connectivity index (χ0n) is 18.6. The van der Waals surface area contributed by atoms with E-state index in [2.05, 4.69) is 27.3 Å². The molecule has 0 spiro atoms. The number of rotatable bonds is 8. The number of nitrogens with zero attached hydrogens (tertiary/aromatic N) is 4. The fourth-order valence-electron chi connectivity index (χ4n) is 3.87. The summed E-state index contributed by atoms with van der Waals surface area (Å²) >= 11 is 0. The normalized spacial score (nSPS) is 11.4. The minimum atomic E-state index is -1.01. The van der Waals surface area contributed by atoms with Crippen molar-refractivity contribution in [1.29, 1.82) is 0 Å². The number of benzene rings is 3. The number of hydrogen-bond acceptors (Lipinski definition) is 6. The summed E-state index contributed by atoms with van der Waals surface area (Å²) in [7, 11) is 0. The average Bonchev–Trinajstić information content (AvgIpc) is 3.20. The van der Waals surface area contributed by atoms with Gasteiger partial charge in [0.2, 0.25) is 0 Å². The molecule has 9 nitrogen and oxygen atoms in total. The summed E-state index contributed by atoms with van der Waals surface area (Å²) in [5, 5.41) is 17.2. The highest BCUT2D eigenvalue weighted by atomic mass is 16.5. The second-order valence-electron chi connectivity index (χ2n) is 7.37. The number of amidine groups is 1. The molecule has 1 aromatic heterocycles. The van der Waals surface area contributed by atoms with E-state index in [4.69, 9.17) is 10.6 Å². The van der Waals surface area contributed by atoms with E-state index in [1.807, 2.05) is 55.5 Å². The number of carboxylic acid groups (broad SMARTS) is 1. The molecular formula is C25H24N6O3. The van der Waals surface area contributed by atoms with Gasteiger partial charge in [-0.1, -0.05) is 54.6 Å². The Balaban J connectivity index is 1.73. The molecule has 0 saturated heterocycles. The molecule has 0 amide bonds. The minimum absolute atomic E-state index is 0.179. The van der Waals surface area contributed by atoms with Crippen molar-refractivity contribution in [3.63, 3.8) is 0 Å². The largest absolute Gasteiger partial charge is 0.478 e. The Labute approximate surface area is 196 Å². The number of fused-ring (bicyclic) bond motifs is 1. The lowest BCUT2D eigenvalue weighted by Gasteiger charge is -2.13. The second kappa shape index (κ2) is 9.97. The summed E-state index contributed by atoms with van der Waals surface area (Å²) < 4.78 is 7.51. The Morgan fingerprint density at radius 1 is 1.12 bits per heavy atom. The summed E-state index contributed by atoms with van der Waals surface area (Å²) in [6.45, 7) is 6.07. The predicted octanol–water partition coefficient (Wildman–Crippen LogP) is 3.67. The van der Waals surface area contributed by atoms with Crippen LogP contribution in [-0.4, -0.2) is 39.8 Å². The number of nitrogens with two attached hydrogens (primary N) is 1. The first kappa shape index (κ1) is 22.7. The third-order valence-electron chi connectivity index (χ3n) is 5.33. The van der Waals surface area contributed by atoms with Crippen LogP contribution in [-0.2, 0) is 6.54 Å². The Morgan fingerprint density at radius 3 is 2.53 bits per heavy atom. The Bertz CT molecular complexity index is 1380. The van der Waals surface area contributed by atoms with Crippen LogP contribution in [0, 0.1) is 0 Å². The van der Waals surface area contributed by atoms with Crippen molar-refractivity contribution in [3.8, 4) is 17.1 Å². The van der Waals surface area contributed by atoms with Gasteiger partial charge in [0.05, 0.1) is 29.7 Å². The summed E-state index contributed by atoms with van der Waals surface area (Å²) in [6.07, 6.45) is 0. The van der Waals surface area contributed by atoms with E-state index < -0.39 is 5.97 Å². The molecule has 0 unspecified atom stereocenters. The predicted molar refractivity (Wildman–Crippen MR) is 132 cm³/mol. The van der Waals surface area contributed by atoms with Gasteiger partial charge in [0.1, 0.15) is 0 Å². The van der Waals surface area contributed by atoms with Gasteiger partial charge < -0.3 is 15.3 Å². The number of aromatic carboxylic acids is 1. The average molecular weight is 457 g/mol. The van der Waals surface area contributed by atoms with Crippen molar-refractivity contribution in [1.82, 2.24) is 15.0 Å². The number of carboxylic acids is 1. The van der Waals surface area contributed by atoms with Crippen molar-refractivity contribution >= 4 is 29.6 Å². The Hall–Kier alpha value is -4.50. The first-order valence-corrected chi connectivity index (χ1v) is 10.6. The monoisotopic (exact) mass is 456 g/mol. The fraction of sp³-hybridized carbons (Fsp3) is 0.120. The molecule has 3 aromatic carbocycles. The molecular weight excluding hydrogens is 432 g/mol. The van der Waals surface area contributed by atoms with Crippen molar-refractivity contribution in [2.24, 2.45) is 16.0 Å². The maximum atomic E-state index is 11.8. The standard InChI is InChI=1S/C25H24N6O3/c1-3-34-25-28-21-10-6-9-20(24(32)33)22(21)31(25)15-16-11-13-17(14-12-16)18-7-4-5-8-19(18)23(29-26)30-27-2/h4-14H,2-3,15,26H2,1H3,(H,29,30)(H,32,33). The highest BCUT2D eigenvalue weighted by molar-refractivity contribution is 6.04. The molecule has 0 fully saturated rings. The quantitative estimate of drug-likeness (QED) is 0.161. The van der Waals surface area contributed by atoms with Gasteiger partial charge in [0.15, 0.2) is 5.84 Å². The van der Waals surface area contributed by atoms with Gasteiger partial charge in [0.25, 0.3) is 6.01 Å². The van der Waals surface area contributed by atoms with Crippen LogP contribution >= 0.6 is 0 Å². The Morgan fingerprint density at radius 2 is 1.85 bits per heavy atom. The van der Waals surface area contributed by atoms with Crippen LogP contribution in [0.2, 0.25) is 0 Å². The number of hydrazine groups is 1. The van der Waals surface area contributed by atoms with E-state index >= 15 is 0 Å². The maximum Gasteiger partial charge on any atom is 0.337 e. The first-order chi connectivity index (χ1) is 16.6. The molecule has 0 aliphatic heterocycles. The summed E-state index contributed by atoms with van der Waals surface area (Å²) in [5.74, 6) is 5.02. The second-order valence-corrected chi connectivity index (χ2v) is 7.37. The van der Waals surface area contributed by atoms with Gasteiger partial charge in [0, 0.05) is 12.3 Å². The number of carbonyl (C=O) groups is 1. The van der Waals surface area contributed by atoms with E-state index in [0.29, 0.717) is 36.0 Å². The summed E-state index contributed by atoms with van der Waals surface area (Å²) in [5.41, 5.74) is 7.47. The van der Waals surface area contributed by atoms with Crippen molar-refractivity contribution in [3.05, 3.63) is 83.4 Å². The highest BCUT2D eigenvalue weighted by Gasteiger charge is 2.19. The molecule has 0 aliphatic rings. The highest BCUT2D eigenvalue weighted by Crippen LogP contribution is 2.28. The molecule has 34 heavy (non-hydrogen) atoms. The van der Waals surface area contributed by atoms with E-state index in [9.17, 15) is 9.90 Å². The van der Waals surface area contributed by atoms with Gasteiger partial charge in [-0.05, 0) is 35.7 Å². The zero-order valence-corrected chi connectivity index (χ0v) is 18.6. The van der Waals surface area contributed by atoms with Crippen LogP contribution in [0.15, 0.2) is 76.9 Å². The van der Waals surface area contributed by atoms with Crippen LogP contribution in [0.4, 0.5) is 0 Å². The van der Waals surface area contributed by atoms with Crippen LogP contribution in [0.25, 0.3) is 22.2 Å². The van der Waals surface area contributed by atoms with Crippen molar-refractivity contribution in [2.75, 3.05) is 6.61 Å². The molecule has 0 radical (unpaired) electrons. The molecule has 4 rings (SSSR count). The molecule has 1 heterocycles. The van der Waals surface area contributed by atoms with E-state index in [-0.39, 0.29) is 5.56 Å². The number of ether oxygens (including phenoxy) is 1. The topological polar surface area (TPSA) is 127 Å². The van der Waals surface area contributed by atoms with Crippen LogP contribution < -0.4 is 16.0 Å². The number of para-hydroxylation sites is 1. The maximum absolute atomic E-state index is 11.8. The van der Waals surface area contributed by atoms with Crippen LogP contribution in [0.1, 0.15) is 28.4 Å². The van der Waals surface area contributed by atoms with Gasteiger partial charge in [-0.3, -0.25) is 4.57 Å². The third-order valence-corrected chi connectivity index (χ3v) is 5.33. The summed E-state index contributed by atoms with van der Waals surface area (Å²) in [4.78, 5) is 16.3. The molecule has 4 N–H and O–H groups in total. The van der Waals surface area contributed by atoms with Gasteiger partial charge in [-0.25, -0.2) is 10.6 Å². The molecule has 4 aromatic rings. The van der Waals surface area contributed by atoms with E-state index in [1.165, 1.54) is 0 Å². The first-order valence-electron chi connectivity index (χ1n) is 10.6. The SMILES string of the molecule is C=N/N=C(\NN)c1ccccc1-c1ccc(Cn2c(OCC)nc3cccc(C(=O)O)c32)cc1. The molecule has 0 atom stereocenters. The number of nitrogens with one attached hydrogen (secondary N) is 1. The van der Waals surface area contributed by atoms with E-state index in [1.54, 1.807) is 22.8 Å². The lowest BCUT2D eigenvalue weighted by atomic mass is 9.98. The van der Waals surface area contributed by atoms with Gasteiger partial charge in [-0.15, -0.1) is 5.10 Å². The zero-order chi connectivity index (χ0) is 24.1. The van der Waals surface area contributed by atoms with Crippen LogP contribution in [0.5, 0.6) is 6.01 Å². The number of hydrogen-bond donors (Lipinski definition) is 3. The Kier molecular flexibility index (Phi) is 6.65. The summed E-state index contributed by atoms with van der Waals surface area (Å²) in [6, 6.07) is 21.0. The van der Waals surface area contributed by atoms with Crippen molar-refractivity contribution in [2.45, 2.75) is 13.5 Å². The molecule has 0 bridgehead atoms. The van der Waals surface area contributed by atoms with Crippen LogP contribution in [0.3, 0.4) is 0 Å². The lowest BCUT2D eigenvalue weighted by molar-refractivity contribution is 0.0698.